The Morgan fingerprint density at radius 3 is 2.78 bits per heavy atom. The molecule has 1 amide bonds. The van der Waals surface area contributed by atoms with Crippen molar-refractivity contribution in [3.05, 3.63) is 68.2 Å². The molecule has 27 heavy (non-hydrogen) atoms. The molecule has 7 nitrogen and oxygen atoms in total. The number of rotatable bonds is 6. The fourth-order valence-electron chi connectivity index (χ4n) is 2.22. The Morgan fingerprint density at radius 1 is 1.33 bits per heavy atom. The average Bonchev–Trinajstić information content (AvgIpc) is 3.03. The zero-order valence-electron chi connectivity index (χ0n) is 14.1. The van der Waals surface area contributed by atoms with Crippen molar-refractivity contribution in [1.29, 1.82) is 0 Å². The van der Waals surface area contributed by atoms with Gasteiger partial charge in [0.2, 0.25) is 5.91 Å². The monoisotopic (exact) mass is 418 g/mol. The van der Waals surface area contributed by atoms with Crippen molar-refractivity contribution >= 4 is 52.6 Å². The van der Waals surface area contributed by atoms with Gasteiger partial charge >= 0.3 is 0 Å². The SMILES string of the molecule is Cc1ccc([N+](=O)[O-])cc1NC(=O)CSc1nn(-c2ccccc2)c(=S)s1. The standard InChI is InChI=1S/C17H14N4O3S3/c1-11-7-8-13(21(23)24)9-14(11)18-15(22)10-26-16-19-20(17(25)27-16)12-5-3-2-4-6-12/h2-9H,10H2,1H3,(H,18,22). The molecule has 0 aliphatic carbocycles. The smallest absolute Gasteiger partial charge is 0.271 e. The van der Waals surface area contributed by atoms with Gasteiger partial charge in [0, 0.05) is 12.1 Å². The lowest BCUT2D eigenvalue weighted by atomic mass is 10.2. The second-order valence-corrected chi connectivity index (χ2v) is 8.32. The molecule has 0 aliphatic heterocycles. The molecule has 0 unspecified atom stereocenters. The van der Waals surface area contributed by atoms with E-state index in [4.69, 9.17) is 12.2 Å². The third-order valence-electron chi connectivity index (χ3n) is 3.56. The maximum atomic E-state index is 12.2. The lowest BCUT2D eigenvalue weighted by Crippen LogP contribution is -2.15. The summed E-state index contributed by atoms with van der Waals surface area (Å²) in [4.78, 5) is 22.6. The summed E-state index contributed by atoms with van der Waals surface area (Å²) in [7, 11) is 0. The molecule has 1 N–H and O–H groups in total. The number of hydrogen-bond donors (Lipinski definition) is 1. The second kappa shape index (κ2) is 8.42. The second-order valence-electron chi connectivity index (χ2n) is 5.47. The highest BCUT2D eigenvalue weighted by molar-refractivity contribution is 8.01. The summed E-state index contributed by atoms with van der Waals surface area (Å²) in [6.07, 6.45) is 0. The van der Waals surface area contributed by atoms with Crippen LogP contribution in [-0.4, -0.2) is 26.4 Å². The van der Waals surface area contributed by atoms with Gasteiger partial charge in [-0.15, -0.1) is 5.10 Å². The number of amides is 1. The van der Waals surface area contributed by atoms with Crippen LogP contribution in [-0.2, 0) is 4.79 Å². The Morgan fingerprint density at radius 2 is 2.07 bits per heavy atom. The van der Waals surface area contributed by atoms with Crippen LogP contribution in [0.1, 0.15) is 5.56 Å². The van der Waals surface area contributed by atoms with E-state index in [1.54, 1.807) is 17.7 Å². The number of thioether (sulfide) groups is 1. The molecule has 138 valence electrons. The van der Waals surface area contributed by atoms with Crippen molar-refractivity contribution in [1.82, 2.24) is 9.78 Å². The fourth-order valence-corrected chi connectivity index (χ4v) is 4.38. The molecule has 3 aromatic rings. The van der Waals surface area contributed by atoms with Crippen LogP contribution in [0.5, 0.6) is 0 Å². The molecule has 0 fully saturated rings. The number of nitro groups is 1. The van der Waals surface area contributed by atoms with Crippen molar-refractivity contribution in [2.24, 2.45) is 0 Å². The third kappa shape index (κ3) is 4.79. The molecule has 0 saturated heterocycles. The molecular formula is C17H14N4O3S3. The van der Waals surface area contributed by atoms with Gasteiger partial charge in [0.25, 0.3) is 5.69 Å². The van der Waals surface area contributed by atoms with E-state index in [0.717, 1.165) is 11.3 Å². The van der Waals surface area contributed by atoms with E-state index in [0.29, 0.717) is 14.0 Å². The number of benzene rings is 2. The lowest BCUT2D eigenvalue weighted by Gasteiger charge is -2.07. The number of nitrogens with zero attached hydrogens (tertiary/aromatic N) is 3. The van der Waals surface area contributed by atoms with Gasteiger partial charge in [-0.3, -0.25) is 14.9 Å². The summed E-state index contributed by atoms with van der Waals surface area (Å²) in [5, 5.41) is 18.0. The Bertz CT molecular complexity index is 1050. The molecule has 0 spiro atoms. The van der Waals surface area contributed by atoms with E-state index >= 15 is 0 Å². The fraction of sp³-hybridized carbons (Fsp3) is 0.118. The first-order valence-corrected chi connectivity index (χ1v) is 9.98. The number of hydrogen-bond acceptors (Lipinski definition) is 7. The highest BCUT2D eigenvalue weighted by Crippen LogP contribution is 2.25. The molecule has 0 atom stereocenters. The number of carbonyl (C=O) groups is 1. The maximum Gasteiger partial charge on any atom is 0.271 e. The molecule has 0 radical (unpaired) electrons. The summed E-state index contributed by atoms with van der Waals surface area (Å²) in [5.74, 6) is -0.143. The molecule has 0 bridgehead atoms. The molecule has 3 rings (SSSR count). The number of aryl methyl sites for hydroxylation is 1. The van der Waals surface area contributed by atoms with Gasteiger partial charge in [0.15, 0.2) is 8.29 Å². The van der Waals surface area contributed by atoms with E-state index in [1.165, 1.54) is 35.2 Å². The quantitative estimate of drug-likeness (QED) is 0.272. The van der Waals surface area contributed by atoms with Gasteiger partial charge in [0.1, 0.15) is 0 Å². The van der Waals surface area contributed by atoms with Gasteiger partial charge in [0.05, 0.1) is 22.1 Å². The molecule has 2 aromatic carbocycles. The summed E-state index contributed by atoms with van der Waals surface area (Å²) in [5.41, 5.74) is 1.98. The zero-order valence-corrected chi connectivity index (χ0v) is 16.6. The molecule has 1 heterocycles. The highest BCUT2D eigenvalue weighted by Gasteiger charge is 2.13. The van der Waals surface area contributed by atoms with Gasteiger partial charge < -0.3 is 5.32 Å². The van der Waals surface area contributed by atoms with Crippen LogP contribution < -0.4 is 5.32 Å². The van der Waals surface area contributed by atoms with Gasteiger partial charge in [-0.1, -0.05) is 47.4 Å². The summed E-state index contributed by atoms with van der Waals surface area (Å²) in [6, 6.07) is 13.9. The highest BCUT2D eigenvalue weighted by atomic mass is 32.2. The van der Waals surface area contributed by atoms with E-state index < -0.39 is 4.92 Å². The number of para-hydroxylation sites is 1. The van der Waals surface area contributed by atoms with E-state index in [2.05, 4.69) is 10.4 Å². The van der Waals surface area contributed by atoms with Crippen LogP contribution in [0.25, 0.3) is 5.69 Å². The predicted molar refractivity (Wildman–Crippen MR) is 109 cm³/mol. The van der Waals surface area contributed by atoms with Crippen molar-refractivity contribution < 1.29 is 9.72 Å². The number of carbonyl (C=O) groups excluding carboxylic acids is 1. The maximum absolute atomic E-state index is 12.2. The van der Waals surface area contributed by atoms with Gasteiger partial charge in [-0.2, -0.15) is 0 Å². The number of anilines is 1. The molecule has 0 saturated carbocycles. The van der Waals surface area contributed by atoms with Crippen LogP contribution in [0, 0.1) is 21.0 Å². The van der Waals surface area contributed by atoms with Crippen molar-refractivity contribution in [2.75, 3.05) is 11.1 Å². The normalized spacial score (nSPS) is 10.6. The van der Waals surface area contributed by atoms with Gasteiger partial charge in [-0.05, 0) is 36.8 Å². The number of nitrogens with one attached hydrogen (secondary N) is 1. The predicted octanol–water partition coefficient (Wildman–Crippen LogP) is 4.61. The average molecular weight is 419 g/mol. The Kier molecular flexibility index (Phi) is 5.99. The first kappa shape index (κ1) is 19.2. The van der Waals surface area contributed by atoms with Gasteiger partial charge in [-0.25, -0.2) is 4.68 Å². The van der Waals surface area contributed by atoms with Crippen molar-refractivity contribution in [3.8, 4) is 5.69 Å². The Balaban J connectivity index is 1.66. The first-order valence-electron chi connectivity index (χ1n) is 7.77. The first-order chi connectivity index (χ1) is 12.9. The summed E-state index contributed by atoms with van der Waals surface area (Å²) >= 11 is 7.93. The largest absolute Gasteiger partial charge is 0.325 e. The Hall–Kier alpha value is -2.56. The van der Waals surface area contributed by atoms with E-state index in [1.807, 2.05) is 30.3 Å². The zero-order chi connectivity index (χ0) is 19.4. The van der Waals surface area contributed by atoms with Crippen LogP contribution in [0.2, 0.25) is 0 Å². The number of aromatic nitrogens is 2. The van der Waals surface area contributed by atoms with Crippen LogP contribution in [0.15, 0.2) is 52.9 Å². The number of non-ortho nitro benzene ring substituents is 1. The lowest BCUT2D eigenvalue weighted by molar-refractivity contribution is -0.384. The third-order valence-corrected chi connectivity index (χ3v) is 5.93. The minimum absolute atomic E-state index is 0.0665. The Labute approximate surface area is 168 Å². The topological polar surface area (TPSA) is 90.1 Å². The summed E-state index contributed by atoms with van der Waals surface area (Å²) in [6.45, 7) is 1.78. The van der Waals surface area contributed by atoms with Crippen LogP contribution in [0.3, 0.4) is 0 Å². The van der Waals surface area contributed by atoms with Crippen molar-refractivity contribution in [3.63, 3.8) is 0 Å². The molecular weight excluding hydrogens is 404 g/mol. The molecule has 1 aromatic heterocycles. The minimum Gasteiger partial charge on any atom is -0.325 e. The molecule has 10 heteroatoms. The van der Waals surface area contributed by atoms with Crippen molar-refractivity contribution in [2.45, 2.75) is 11.3 Å². The minimum atomic E-state index is -0.493. The van der Waals surface area contributed by atoms with Crippen LogP contribution >= 0.6 is 35.3 Å². The summed E-state index contributed by atoms with van der Waals surface area (Å²) < 4.78 is 2.93. The number of nitro benzene ring substituents is 1. The molecule has 0 aliphatic rings. The van der Waals surface area contributed by atoms with E-state index in [9.17, 15) is 14.9 Å². The van der Waals surface area contributed by atoms with Crippen LogP contribution in [0.4, 0.5) is 11.4 Å². The van der Waals surface area contributed by atoms with E-state index in [-0.39, 0.29) is 17.3 Å².